The summed E-state index contributed by atoms with van der Waals surface area (Å²) in [5.41, 5.74) is -2.50. The second-order valence-corrected chi connectivity index (χ2v) is 2.82. The summed E-state index contributed by atoms with van der Waals surface area (Å²) in [6.45, 7) is 0. The fourth-order valence-electron chi connectivity index (χ4n) is 0. The Hall–Kier alpha value is -0.320. The van der Waals surface area contributed by atoms with Gasteiger partial charge < -0.3 is 0 Å². The Morgan fingerprint density at radius 1 is 0.636 bits per heavy atom. The van der Waals surface area contributed by atoms with Gasteiger partial charge in [-0.2, -0.15) is 0 Å². The molecule has 0 bridgehead atoms. The van der Waals surface area contributed by atoms with Crippen LogP contribution < -0.4 is 0 Å². The van der Waals surface area contributed by atoms with Crippen LogP contribution in [-0.2, 0) is 0 Å². The fraction of sp³-hybridized carbons (Fsp3) is 0. The van der Waals surface area contributed by atoms with Crippen LogP contribution in [0, 0.1) is 0 Å². The highest BCUT2D eigenvalue weighted by Crippen LogP contribution is 2.99. The van der Waals surface area contributed by atoms with Crippen LogP contribution in [0.5, 0.6) is 0 Å². The SMILES string of the molecule is FN(F)F.FS(F)(F)(F)(F)F. The van der Waals surface area contributed by atoms with E-state index in [-0.39, 0.29) is 0 Å². The second-order valence-electron chi connectivity index (χ2n) is 1.07. The highest BCUT2D eigenvalue weighted by atomic mass is 32.5. The van der Waals surface area contributed by atoms with Crippen LogP contribution in [-0.4, -0.2) is 5.57 Å². The van der Waals surface area contributed by atoms with Gasteiger partial charge in [0.25, 0.3) is 0 Å². The van der Waals surface area contributed by atoms with Crippen molar-refractivity contribution in [2.75, 3.05) is 0 Å². The summed E-state index contributed by atoms with van der Waals surface area (Å²) in [5, 5.41) is 0. The highest BCUT2D eigenvalue weighted by Gasteiger charge is 2.64. The lowest BCUT2D eigenvalue weighted by atomic mass is 13.5. The molecule has 0 aliphatic heterocycles. The minimum atomic E-state index is -10.5. The van der Waals surface area contributed by atoms with Crippen LogP contribution in [0.15, 0.2) is 0 Å². The number of nitrogens with zero attached hydrogens (tertiary/aromatic N) is 1. The molecule has 0 aromatic rings. The topological polar surface area (TPSA) is 3.24 Å². The summed E-state index contributed by atoms with van der Waals surface area (Å²) in [6.07, 6.45) is 0. The van der Waals surface area contributed by atoms with E-state index in [2.05, 4.69) is 0 Å². The molecule has 0 rings (SSSR count). The number of hydrogen-bond donors (Lipinski definition) is 0. The Balaban J connectivity index is 0. The zero-order valence-corrected chi connectivity index (χ0v) is 5.07. The van der Waals surface area contributed by atoms with Gasteiger partial charge in [0.15, 0.2) is 5.57 Å². The van der Waals surface area contributed by atoms with Crippen LogP contribution in [0.25, 0.3) is 0 Å². The first-order chi connectivity index (χ1) is 4.18. The van der Waals surface area contributed by atoms with E-state index in [1.165, 1.54) is 0 Å². The molecule has 0 aromatic heterocycles. The van der Waals surface area contributed by atoms with Gasteiger partial charge in [-0.05, 0) is 0 Å². The van der Waals surface area contributed by atoms with E-state index in [4.69, 9.17) is 0 Å². The average molecular weight is 217 g/mol. The Morgan fingerprint density at radius 2 is 0.636 bits per heavy atom. The van der Waals surface area contributed by atoms with Crippen LogP contribution in [0.4, 0.5) is 36.8 Å². The molecule has 74 valence electrons. The number of hydrogen-bond acceptors (Lipinski definition) is 1. The predicted molar refractivity (Wildman–Crippen MR) is 19.4 cm³/mol. The summed E-state index contributed by atoms with van der Waals surface area (Å²) >= 11 is 0. The van der Waals surface area contributed by atoms with Gasteiger partial charge in [-0.1, -0.05) is 36.8 Å². The van der Waals surface area contributed by atoms with Crippen LogP contribution in [0.3, 0.4) is 0 Å². The monoisotopic (exact) mass is 217 g/mol. The van der Waals surface area contributed by atoms with E-state index in [9.17, 15) is 36.8 Å². The molecule has 0 aliphatic rings. The first kappa shape index (κ1) is 13.3. The number of rotatable bonds is 0. The summed E-state index contributed by atoms with van der Waals surface area (Å²) in [6, 6.07) is 0. The Kier molecular flexibility index (Phi) is 2.82. The molecule has 0 spiro atoms. The molecule has 0 aromatic carbocycles. The molecule has 0 N–H and O–H groups in total. The molecular weight excluding hydrogens is 217 g/mol. The highest BCUT2D eigenvalue weighted by molar-refractivity contribution is 8.41. The quantitative estimate of drug-likeness (QED) is 0.435. The Labute approximate surface area is 54.2 Å². The maximum Gasteiger partial charge on any atom is 0.431 e. The Morgan fingerprint density at radius 3 is 0.636 bits per heavy atom. The van der Waals surface area contributed by atoms with Gasteiger partial charge in [0.1, 0.15) is 0 Å². The third kappa shape index (κ3) is 5580. The minimum absolute atomic E-state index is 2.50. The van der Waals surface area contributed by atoms with Crippen molar-refractivity contribution >= 4 is 10.6 Å². The van der Waals surface area contributed by atoms with Gasteiger partial charge in [-0.15, -0.1) is 0 Å². The van der Waals surface area contributed by atoms with E-state index in [1.807, 2.05) is 0 Å². The van der Waals surface area contributed by atoms with Gasteiger partial charge in [-0.25, -0.2) is 0 Å². The molecule has 0 heterocycles. The third-order valence-corrected chi connectivity index (χ3v) is 0. The molecule has 0 saturated carbocycles. The summed E-state index contributed by atoms with van der Waals surface area (Å²) in [5.74, 6) is 0. The Bertz CT molecular complexity index is 96.3. The number of halogens is 9. The van der Waals surface area contributed by atoms with Crippen LogP contribution >= 0.6 is 10.6 Å². The normalized spacial score (nSPS) is 18.0. The summed E-state index contributed by atoms with van der Waals surface area (Å²) in [4.78, 5) is 0. The first-order valence-electron chi connectivity index (χ1n) is 1.43. The van der Waals surface area contributed by atoms with E-state index in [1.54, 1.807) is 0 Å². The molecule has 11 heavy (non-hydrogen) atoms. The van der Waals surface area contributed by atoms with Crippen molar-refractivity contribution in [3.8, 4) is 0 Å². The third-order valence-electron chi connectivity index (χ3n) is 0. The lowest BCUT2D eigenvalue weighted by Gasteiger charge is -2.28. The van der Waals surface area contributed by atoms with Crippen molar-refractivity contribution in [1.29, 1.82) is 0 Å². The van der Waals surface area contributed by atoms with Crippen LogP contribution in [0.2, 0.25) is 0 Å². The van der Waals surface area contributed by atoms with E-state index in [0.29, 0.717) is 0 Å². The lowest BCUT2D eigenvalue weighted by Crippen LogP contribution is -1.92. The van der Waals surface area contributed by atoms with Gasteiger partial charge >= 0.3 is 10.6 Å². The molecule has 11 heteroatoms. The largest absolute Gasteiger partial charge is 0.431 e. The fourth-order valence-corrected chi connectivity index (χ4v) is 0. The molecule has 0 aliphatic carbocycles. The van der Waals surface area contributed by atoms with Crippen LogP contribution in [0.1, 0.15) is 0 Å². The molecule has 0 saturated heterocycles. The molecule has 1 nitrogen and oxygen atoms in total. The summed E-state index contributed by atoms with van der Waals surface area (Å²) in [7, 11) is -10.5. The summed E-state index contributed by atoms with van der Waals surface area (Å²) < 4.78 is 87.6. The van der Waals surface area contributed by atoms with Crippen molar-refractivity contribution in [2.24, 2.45) is 0 Å². The molecule has 0 amide bonds. The zero-order valence-electron chi connectivity index (χ0n) is 4.26. The maximum absolute atomic E-state index is 10.5. The smallest absolute Gasteiger partial charge is 0.0719 e. The van der Waals surface area contributed by atoms with Gasteiger partial charge in [0.2, 0.25) is 0 Å². The van der Waals surface area contributed by atoms with Gasteiger partial charge in [-0.3, -0.25) is 0 Å². The zero-order chi connectivity index (χ0) is 9.99. The molecule has 0 unspecified atom stereocenters. The van der Waals surface area contributed by atoms with E-state index in [0.717, 1.165) is 0 Å². The predicted octanol–water partition coefficient (Wildman–Crippen LogP) is 4.11. The molecular formula is F9NS. The van der Waals surface area contributed by atoms with Gasteiger partial charge in [0, 0.05) is 0 Å². The maximum atomic E-state index is 9.85. The average Bonchev–Trinajstić information content (AvgIpc) is 1.11. The van der Waals surface area contributed by atoms with Crippen molar-refractivity contribution < 1.29 is 36.8 Å². The van der Waals surface area contributed by atoms with E-state index >= 15 is 0 Å². The first-order valence-corrected chi connectivity index (χ1v) is 3.28. The second kappa shape index (κ2) is 2.33. The van der Waals surface area contributed by atoms with E-state index < -0.39 is 16.2 Å². The van der Waals surface area contributed by atoms with Gasteiger partial charge in [0.05, 0.1) is 0 Å². The molecule has 0 radical (unpaired) electrons. The molecule has 0 atom stereocenters. The standard InChI is InChI=1S/F6S.F3N/c1-7(2,3,4,5)6;1-4(2)3. The van der Waals surface area contributed by atoms with Crippen molar-refractivity contribution in [3.05, 3.63) is 0 Å². The van der Waals surface area contributed by atoms with Crippen molar-refractivity contribution in [1.82, 2.24) is 5.57 Å². The minimum Gasteiger partial charge on any atom is -0.0719 e. The lowest BCUT2D eigenvalue weighted by molar-refractivity contribution is -0.295. The molecule has 0 fully saturated rings. The van der Waals surface area contributed by atoms with Crippen molar-refractivity contribution in [2.45, 2.75) is 0 Å². The van der Waals surface area contributed by atoms with Crippen molar-refractivity contribution in [3.63, 3.8) is 0 Å².